The number of para-hydroxylation sites is 2. The van der Waals surface area contributed by atoms with Gasteiger partial charge in [-0.25, -0.2) is 0 Å². The lowest BCUT2D eigenvalue weighted by molar-refractivity contribution is -0.0908. The van der Waals surface area contributed by atoms with Gasteiger partial charge in [0.05, 0.1) is 0 Å². The summed E-state index contributed by atoms with van der Waals surface area (Å²) in [5.41, 5.74) is 3.56. The Labute approximate surface area is 140 Å². The van der Waals surface area contributed by atoms with E-state index in [2.05, 4.69) is 48.7 Å². The van der Waals surface area contributed by atoms with E-state index in [0.717, 1.165) is 11.4 Å². The van der Waals surface area contributed by atoms with Crippen LogP contribution in [0.4, 0.5) is 11.4 Å². The molecule has 0 fully saturated rings. The lowest BCUT2D eigenvalue weighted by Gasteiger charge is -2.38. The molecule has 3 nitrogen and oxygen atoms in total. The van der Waals surface area contributed by atoms with Crippen LogP contribution in [0.1, 0.15) is 38.8 Å². The zero-order valence-corrected chi connectivity index (χ0v) is 15.0. The third-order valence-corrected chi connectivity index (χ3v) is 3.67. The van der Waals surface area contributed by atoms with Crippen LogP contribution in [0.2, 0.25) is 0 Å². The van der Waals surface area contributed by atoms with E-state index < -0.39 is 11.4 Å². The fourth-order valence-electron chi connectivity index (χ4n) is 2.76. The van der Waals surface area contributed by atoms with Gasteiger partial charge in [0.1, 0.15) is 11.4 Å². The van der Waals surface area contributed by atoms with E-state index in [1.54, 1.807) is 0 Å². The normalized spacial score (nSPS) is 12.1. The van der Waals surface area contributed by atoms with Crippen molar-refractivity contribution in [1.29, 1.82) is 0 Å². The number of hydrogen-bond acceptors (Lipinski definition) is 3. The minimum atomic E-state index is -0.509. The Morgan fingerprint density at radius 3 is 1.35 bits per heavy atom. The molecule has 124 valence electrons. The minimum absolute atomic E-state index is 0.509. The van der Waals surface area contributed by atoms with Crippen molar-refractivity contribution >= 4 is 11.4 Å². The van der Waals surface area contributed by atoms with Crippen LogP contribution in [0.15, 0.2) is 48.5 Å². The van der Waals surface area contributed by atoms with Gasteiger partial charge in [-0.2, -0.15) is 0 Å². The SMILES string of the molecule is Cc1ccccc1NC(C)(C)OC(C)(C)Nc1ccccc1C. The lowest BCUT2D eigenvalue weighted by atomic mass is 10.1. The maximum Gasteiger partial charge on any atom is 0.135 e. The first kappa shape index (κ1) is 17.4. The molecule has 0 aromatic heterocycles. The summed E-state index contributed by atoms with van der Waals surface area (Å²) in [7, 11) is 0. The van der Waals surface area contributed by atoms with E-state index in [1.807, 2.05) is 52.0 Å². The van der Waals surface area contributed by atoms with Crippen LogP contribution in [0.25, 0.3) is 0 Å². The van der Waals surface area contributed by atoms with Crippen LogP contribution < -0.4 is 10.6 Å². The lowest BCUT2D eigenvalue weighted by Crippen LogP contribution is -2.47. The summed E-state index contributed by atoms with van der Waals surface area (Å²) in [4.78, 5) is 0. The number of hydrogen-bond donors (Lipinski definition) is 2. The molecule has 0 unspecified atom stereocenters. The third kappa shape index (κ3) is 5.00. The summed E-state index contributed by atoms with van der Waals surface area (Å²) in [5.74, 6) is 0. The maximum atomic E-state index is 6.32. The van der Waals surface area contributed by atoms with Crippen molar-refractivity contribution in [2.24, 2.45) is 0 Å². The Hall–Kier alpha value is -2.00. The number of nitrogens with one attached hydrogen (secondary N) is 2. The van der Waals surface area contributed by atoms with E-state index in [4.69, 9.17) is 4.74 Å². The summed E-state index contributed by atoms with van der Waals surface area (Å²) in [5, 5.41) is 6.96. The molecule has 2 N–H and O–H groups in total. The third-order valence-electron chi connectivity index (χ3n) is 3.67. The monoisotopic (exact) mass is 312 g/mol. The molecule has 0 aliphatic carbocycles. The molecule has 0 saturated heterocycles. The predicted octanol–water partition coefficient (Wildman–Crippen LogP) is 5.32. The molecule has 0 saturated carbocycles. The molecule has 0 atom stereocenters. The molecule has 0 heterocycles. The van der Waals surface area contributed by atoms with Gasteiger partial charge in [0.15, 0.2) is 0 Å². The van der Waals surface area contributed by atoms with Crippen LogP contribution in [-0.2, 0) is 4.74 Å². The first-order chi connectivity index (χ1) is 10.7. The van der Waals surface area contributed by atoms with Crippen molar-refractivity contribution < 1.29 is 4.74 Å². The van der Waals surface area contributed by atoms with Gasteiger partial charge in [0, 0.05) is 11.4 Å². The second-order valence-corrected chi connectivity index (χ2v) is 7.00. The summed E-state index contributed by atoms with van der Waals surface area (Å²) in [6.45, 7) is 12.4. The molecule has 0 spiro atoms. The molecule has 0 aliphatic heterocycles. The van der Waals surface area contributed by atoms with Crippen molar-refractivity contribution in [2.75, 3.05) is 10.6 Å². The highest BCUT2D eigenvalue weighted by Gasteiger charge is 2.29. The van der Waals surface area contributed by atoms with E-state index >= 15 is 0 Å². The van der Waals surface area contributed by atoms with Gasteiger partial charge in [-0.15, -0.1) is 0 Å². The molecule has 23 heavy (non-hydrogen) atoms. The van der Waals surface area contributed by atoms with Crippen molar-refractivity contribution in [2.45, 2.75) is 53.0 Å². The first-order valence-corrected chi connectivity index (χ1v) is 8.06. The zero-order chi connectivity index (χ0) is 17.1. The highest BCUT2D eigenvalue weighted by atomic mass is 16.5. The summed E-state index contributed by atoms with van der Waals surface area (Å²) >= 11 is 0. The fourth-order valence-corrected chi connectivity index (χ4v) is 2.76. The summed E-state index contributed by atoms with van der Waals surface area (Å²) in [6, 6.07) is 16.5. The van der Waals surface area contributed by atoms with Crippen molar-refractivity contribution in [3.63, 3.8) is 0 Å². The van der Waals surface area contributed by atoms with Gasteiger partial charge in [0.2, 0.25) is 0 Å². The topological polar surface area (TPSA) is 33.3 Å². The van der Waals surface area contributed by atoms with Gasteiger partial charge in [0.25, 0.3) is 0 Å². The second kappa shape index (κ2) is 6.63. The predicted molar refractivity (Wildman–Crippen MR) is 98.8 cm³/mol. The second-order valence-electron chi connectivity index (χ2n) is 7.00. The van der Waals surface area contributed by atoms with E-state index in [-0.39, 0.29) is 0 Å². The first-order valence-electron chi connectivity index (χ1n) is 8.06. The molecule has 2 aromatic rings. The van der Waals surface area contributed by atoms with Gasteiger partial charge < -0.3 is 15.4 Å². The van der Waals surface area contributed by atoms with Crippen LogP contribution in [0, 0.1) is 13.8 Å². The van der Waals surface area contributed by atoms with E-state index in [9.17, 15) is 0 Å². The van der Waals surface area contributed by atoms with Crippen LogP contribution >= 0.6 is 0 Å². The van der Waals surface area contributed by atoms with Gasteiger partial charge in [-0.3, -0.25) is 0 Å². The average molecular weight is 312 g/mol. The Bertz CT molecular complexity index is 605. The number of aryl methyl sites for hydroxylation is 2. The largest absolute Gasteiger partial charge is 0.358 e. The van der Waals surface area contributed by atoms with Gasteiger partial charge in [-0.1, -0.05) is 36.4 Å². The Morgan fingerprint density at radius 2 is 1.00 bits per heavy atom. The Kier molecular flexibility index (Phi) is 5.00. The molecule has 2 rings (SSSR count). The quantitative estimate of drug-likeness (QED) is 0.709. The molecule has 3 heteroatoms. The van der Waals surface area contributed by atoms with E-state index in [1.165, 1.54) is 11.1 Å². The van der Waals surface area contributed by atoms with Gasteiger partial charge in [-0.05, 0) is 64.8 Å². The number of anilines is 2. The Balaban J connectivity index is 2.09. The van der Waals surface area contributed by atoms with Gasteiger partial charge >= 0.3 is 0 Å². The molecular weight excluding hydrogens is 284 g/mol. The highest BCUT2D eigenvalue weighted by Crippen LogP contribution is 2.27. The van der Waals surface area contributed by atoms with Crippen molar-refractivity contribution in [1.82, 2.24) is 0 Å². The zero-order valence-electron chi connectivity index (χ0n) is 15.0. The summed E-state index contributed by atoms with van der Waals surface area (Å²) < 4.78 is 6.32. The number of benzene rings is 2. The summed E-state index contributed by atoms with van der Waals surface area (Å²) in [6.07, 6.45) is 0. The molecule has 0 radical (unpaired) electrons. The standard InChI is InChI=1S/C20H28N2O/c1-15-11-7-9-13-17(15)21-19(3,4)23-20(5,6)22-18-14-10-8-12-16(18)2/h7-14,21-22H,1-6H3. The minimum Gasteiger partial charge on any atom is -0.358 e. The highest BCUT2D eigenvalue weighted by molar-refractivity contribution is 5.52. The van der Waals surface area contributed by atoms with Crippen molar-refractivity contribution in [3.8, 4) is 0 Å². The van der Waals surface area contributed by atoms with Crippen LogP contribution in [-0.4, -0.2) is 11.4 Å². The van der Waals surface area contributed by atoms with Crippen LogP contribution in [0.3, 0.4) is 0 Å². The average Bonchev–Trinajstić information content (AvgIpc) is 2.42. The number of ether oxygens (including phenoxy) is 1. The maximum absolute atomic E-state index is 6.32. The fraction of sp³-hybridized carbons (Fsp3) is 0.400. The molecular formula is C20H28N2O. The number of rotatable bonds is 6. The molecule has 2 aromatic carbocycles. The molecule has 0 aliphatic rings. The Morgan fingerprint density at radius 1 is 0.652 bits per heavy atom. The molecule has 0 bridgehead atoms. The van der Waals surface area contributed by atoms with Crippen LogP contribution in [0.5, 0.6) is 0 Å². The molecule has 0 amide bonds. The van der Waals surface area contributed by atoms with E-state index in [0.29, 0.717) is 0 Å². The smallest absolute Gasteiger partial charge is 0.135 e. The van der Waals surface area contributed by atoms with Crippen molar-refractivity contribution in [3.05, 3.63) is 59.7 Å².